The number of nitrogen functional groups attached to an aromatic ring is 1. The second-order valence-electron chi connectivity index (χ2n) is 5.66. The van der Waals surface area contributed by atoms with E-state index in [1.807, 2.05) is 19.0 Å². The van der Waals surface area contributed by atoms with E-state index >= 15 is 0 Å². The lowest BCUT2D eigenvalue weighted by Gasteiger charge is -2.35. The van der Waals surface area contributed by atoms with Gasteiger partial charge in [-0.15, -0.1) is 0 Å². The van der Waals surface area contributed by atoms with Crippen molar-refractivity contribution in [1.29, 1.82) is 0 Å². The fraction of sp³-hybridized carbons (Fsp3) is 0.615. The zero-order valence-electron chi connectivity index (χ0n) is 12.1. The highest BCUT2D eigenvalue weighted by molar-refractivity contribution is 7.18. The Kier molecular flexibility index (Phi) is 3.48. The van der Waals surface area contributed by atoms with Gasteiger partial charge in [0.1, 0.15) is 10.7 Å². The second kappa shape index (κ2) is 5.18. The van der Waals surface area contributed by atoms with Crippen molar-refractivity contribution in [2.75, 3.05) is 37.8 Å². The molecule has 0 spiro atoms. The highest BCUT2D eigenvalue weighted by Gasteiger charge is 2.43. The summed E-state index contributed by atoms with van der Waals surface area (Å²) in [5.41, 5.74) is 5.89. The Balaban J connectivity index is 1.86. The Labute approximate surface area is 127 Å². The van der Waals surface area contributed by atoms with Crippen LogP contribution in [0.1, 0.15) is 22.5 Å². The van der Waals surface area contributed by atoms with Gasteiger partial charge < -0.3 is 20.9 Å². The Morgan fingerprint density at radius 1 is 1.52 bits per heavy atom. The summed E-state index contributed by atoms with van der Waals surface area (Å²) in [4.78, 5) is 32.9. The number of piperidine rings is 1. The first kappa shape index (κ1) is 14.1. The van der Waals surface area contributed by atoms with Gasteiger partial charge >= 0.3 is 0 Å². The molecule has 2 fully saturated rings. The van der Waals surface area contributed by atoms with E-state index in [0.717, 1.165) is 12.8 Å². The predicted molar refractivity (Wildman–Crippen MR) is 81.4 cm³/mol. The molecule has 2 unspecified atom stereocenters. The van der Waals surface area contributed by atoms with Gasteiger partial charge in [-0.2, -0.15) is 0 Å². The van der Waals surface area contributed by atoms with Crippen LogP contribution in [0.3, 0.4) is 0 Å². The number of carbonyl (C=O) groups is 2. The van der Waals surface area contributed by atoms with Crippen LogP contribution in [0.5, 0.6) is 0 Å². The Hall–Kier alpha value is -1.83. The van der Waals surface area contributed by atoms with Gasteiger partial charge in [0, 0.05) is 27.2 Å². The molecule has 0 saturated carbocycles. The maximum Gasteiger partial charge on any atom is 0.268 e. The number of nitrogens with two attached hydrogens (primary N) is 1. The third-order valence-corrected chi connectivity index (χ3v) is 5.31. The number of aromatic nitrogens is 1. The smallest absolute Gasteiger partial charge is 0.268 e. The Morgan fingerprint density at radius 3 is 2.95 bits per heavy atom. The van der Waals surface area contributed by atoms with Crippen LogP contribution in [0.25, 0.3) is 0 Å². The van der Waals surface area contributed by atoms with Gasteiger partial charge in [0.2, 0.25) is 5.91 Å². The second-order valence-corrected chi connectivity index (χ2v) is 6.64. The summed E-state index contributed by atoms with van der Waals surface area (Å²) in [5, 5.41) is 3.56. The lowest BCUT2D eigenvalue weighted by Crippen LogP contribution is -2.48. The van der Waals surface area contributed by atoms with Crippen LogP contribution >= 0.6 is 11.3 Å². The molecule has 0 bridgehead atoms. The molecule has 0 radical (unpaired) electrons. The number of hydrogen-bond donors (Lipinski definition) is 2. The number of nitrogens with one attached hydrogen (secondary N) is 1. The molecule has 3 N–H and O–H groups in total. The lowest BCUT2D eigenvalue weighted by atomic mass is 9.91. The van der Waals surface area contributed by atoms with Crippen molar-refractivity contribution < 1.29 is 9.59 Å². The van der Waals surface area contributed by atoms with Gasteiger partial charge in [-0.05, 0) is 12.8 Å². The molecule has 2 amide bonds. The van der Waals surface area contributed by atoms with Crippen molar-refractivity contribution in [1.82, 2.24) is 15.2 Å². The quantitative estimate of drug-likeness (QED) is 0.811. The van der Waals surface area contributed by atoms with Crippen molar-refractivity contribution in [3.8, 4) is 0 Å². The minimum Gasteiger partial charge on any atom is -0.382 e. The number of nitrogens with zero attached hydrogens (tertiary/aromatic N) is 3. The highest BCUT2D eigenvalue weighted by atomic mass is 32.1. The average molecular weight is 309 g/mol. The summed E-state index contributed by atoms with van der Waals surface area (Å²) < 4.78 is 0. The van der Waals surface area contributed by atoms with Gasteiger partial charge in [0.25, 0.3) is 5.91 Å². The first-order valence-corrected chi connectivity index (χ1v) is 7.83. The number of anilines is 2. The van der Waals surface area contributed by atoms with Crippen LogP contribution in [0.15, 0.2) is 0 Å². The van der Waals surface area contributed by atoms with Crippen LogP contribution in [0.4, 0.5) is 10.9 Å². The van der Waals surface area contributed by atoms with E-state index in [0.29, 0.717) is 23.1 Å². The molecule has 2 aliphatic heterocycles. The summed E-state index contributed by atoms with van der Waals surface area (Å²) in [7, 11) is 3.73. The maximum atomic E-state index is 12.8. The van der Waals surface area contributed by atoms with E-state index in [4.69, 9.17) is 5.73 Å². The van der Waals surface area contributed by atoms with Crippen LogP contribution < -0.4 is 16.0 Å². The summed E-state index contributed by atoms with van der Waals surface area (Å²) >= 11 is 1.30. The molecule has 3 rings (SSSR count). The number of hydrogen-bond acceptors (Lipinski definition) is 6. The molecule has 1 aromatic heterocycles. The number of likely N-dealkylation sites (tertiary alicyclic amines) is 1. The highest BCUT2D eigenvalue weighted by Crippen LogP contribution is 2.33. The lowest BCUT2D eigenvalue weighted by molar-refractivity contribution is -0.123. The van der Waals surface area contributed by atoms with E-state index in [-0.39, 0.29) is 29.6 Å². The van der Waals surface area contributed by atoms with Gasteiger partial charge in [0.15, 0.2) is 5.13 Å². The van der Waals surface area contributed by atoms with E-state index in [2.05, 4.69) is 10.3 Å². The first-order valence-electron chi connectivity index (χ1n) is 7.01. The minimum absolute atomic E-state index is 0.0527. The van der Waals surface area contributed by atoms with E-state index in [1.165, 1.54) is 11.3 Å². The molecule has 0 aliphatic carbocycles. The topological polar surface area (TPSA) is 91.6 Å². The zero-order valence-corrected chi connectivity index (χ0v) is 12.9. The summed E-state index contributed by atoms with van der Waals surface area (Å²) in [6, 6.07) is -0.0527. The van der Waals surface area contributed by atoms with Crippen molar-refractivity contribution in [2.45, 2.75) is 18.9 Å². The van der Waals surface area contributed by atoms with Crippen LogP contribution in [-0.2, 0) is 4.79 Å². The standard InChI is InChI=1S/C13H19N5O2S/c1-17(2)13-16-10(14)9(21-13)12(20)18-5-3-4-7-8(18)6-15-11(7)19/h7-8H,3-6,14H2,1-2H3,(H,15,19). The fourth-order valence-electron chi connectivity index (χ4n) is 3.00. The normalized spacial score (nSPS) is 24.7. The van der Waals surface area contributed by atoms with Gasteiger partial charge in [-0.1, -0.05) is 11.3 Å². The van der Waals surface area contributed by atoms with Crippen LogP contribution in [-0.4, -0.2) is 54.9 Å². The zero-order chi connectivity index (χ0) is 15.1. The summed E-state index contributed by atoms with van der Waals surface area (Å²) in [6.07, 6.45) is 1.70. The number of rotatable bonds is 2. The number of thiazole rings is 1. The van der Waals surface area contributed by atoms with Crippen molar-refractivity contribution in [2.24, 2.45) is 5.92 Å². The third kappa shape index (κ3) is 2.33. The molecule has 21 heavy (non-hydrogen) atoms. The molecule has 2 saturated heterocycles. The molecule has 3 heterocycles. The van der Waals surface area contributed by atoms with Gasteiger partial charge in [-0.3, -0.25) is 9.59 Å². The van der Waals surface area contributed by atoms with Crippen molar-refractivity contribution in [3.05, 3.63) is 4.88 Å². The molecular formula is C13H19N5O2S. The van der Waals surface area contributed by atoms with Crippen LogP contribution in [0, 0.1) is 5.92 Å². The van der Waals surface area contributed by atoms with Gasteiger partial charge in [-0.25, -0.2) is 4.98 Å². The molecule has 8 heteroatoms. The van der Waals surface area contributed by atoms with E-state index in [1.54, 1.807) is 4.90 Å². The minimum atomic E-state index is -0.107. The molecule has 2 aliphatic rings. The molecule has 2 atom stereocenters. The molecular weight excluding hydrogens is 290 g/mol. The summed E-state index contributed by atoms with van der Waals surface area (Å²) in [6.45, 7) is 1.21. The van der Waals surface area contributed by atoms with Gasteiger partial charge in [0.05, 0.1) is 12.0 Å². The molecule has 114 valence electrons. The molecule has 1 aromatic rings. The van der Waals surface area contributed by atoms with Crippen molar-refractivity contribution >= 4 is 34.1 Å². The third-order valence-electron chi connectivity index (χ3n) is 4.08. The summed E-state index contributed by atoms with van der Waals surface area (Å²) in [5.74, 6) is 0.145. The number of carbonyl (C=O) groups excluding carboxylic acids is 2. The number of amides is 2. The average Bonchev–Trinajstić information content (AvgIpc) is 3.02. The SMILES string of the molecule is CN(C)c1nc(N)c(C(=O)N2CCCC3C(=O)NCC32)s1. The monoisotopic (exact) mass is 309 g/mol. The van der Waals surface area contributed by atoms with E-state index < -0.39 is 0 Å². The van der Waals surface area contributed by atoms with Crippen molar-refractivity contribution in [3.63, 3.8) is 0 Å². The number of fused-ring (bicyclic) bond motifs is 1. The Bertz CT molecular complexity index is 585. The van der Waals surface area contributed by atoms with Crippen LogP contribution in [0.2, 0.25) is 0 Å². The fourth-order valence-corrected chi connectivity index (χ4v) is 3.86. The van der Waals surface area contributed by atoms with E-state index in [9.17, 15) is 9.59 Å². The molecule has 0 aromatic carbocycles. The first-order chi connectivity index (χ1) is 9.99. The largest absolute Gasteiger partial charge is 0.382 e. The maximum absolute atomic E-state index is 12.8. The predicted octanol–water partition coefficient (Wildman–Crippen LogP) is 0.142. The molecule has 7 nitrogen and oxygen atoms in total. The Morgan fingerprint density at radius 2 is 2.29 bits per heavy atom.